The van der Waals surface area contributed by atoms with Crippen molar-refractivity contribution in [3.63, 3.8) is 0 Å². The second kappa shape index (κ2) is 23.6. The van der Waals surface area contributed by atoms with Gasteiger partial charge < -0.3 is 62.9 Å². The fourth-order valence-electron chi connectivity index (χ4n) is 10.8. The van der Waals surface area contributed by atoms with Crippen LogP contribution in [0.15, 0.2) is 91.0 Å². The van der Waals surface area contributed by atoms with Crippen LogP contribution in [0.3, 0.4) is 0 Å². The molecule has 0 spiro atoms. The zero-order valence-electron chi connectivity index (χ0n) is 43.9. The summed E-state index contributed by atoms with van der Waals surface area (Å²) >= 11 is 0. The van der Waals surface area contributed by atoms with E-state index in [1.54, 1.807) is 33.5 Å². The number of nitrogens with zero attached hydrogens (tertiary/aromatic N) is 5. The summed E-state index contributed by atoms with van der Waals surface area (Å²) in [6, 6.07) is 29.1. The maximum atomic E-state index is 14.4. The molecule has 0 aromatic heterocycles. The van der Waals surface area contributed by atoms with Crippen molar-refractivity contribution in [2.75, 3.05) is 113 Å². The van der Waals surface area contributed by atoms with E-state index in [0.29, 0.717) is 111 Å². The standard InChI is InChI=1S/C58H64N6O13/c1-60-34-43-28-40-11-6-8-13-48(40)63(43)58(69)45-30-51(72-4)53(32-49(45)60)76-36-38-24-37(35-75-52-31-46-44(29-50(52)71-3)57(68)62-42(33-59-46)27-39-10-5-7-12-47(39)62)25-41(26-38)61(18-19-73-22-23-74-21-20-70-2)17-9-14-56(67)77-64-54(65)15-16-55(64)66/h5-8,10-13,24-26,29-32,42-43,59H,9,14-23,27-28,33-36H2,1-4H3/t42-,43-/m0/s1. The molecule has 5 aromatic carbocycles. The lowest BCUT2D eigenvalue weighted by molar-refractivity contribution is -0.197. The highest BCUT2D eigenvalue weighted by molar-refractivity contribution is 6.13. The Kier molecular flexibility index (Phi) is 16.1. The lowest BCUT2D eigenvalue weighted by Gasteiger charge is -2.26. The van der Waals surface area contributed by atoms with Crippen LogP contribution in [0.2, 0.25) is 0 Å². The first-order valence-electron chi connectivity index (χ1n) is 26.1. The highest BCUT2D eigenvalue weighted by Gasteiger charge is 2.40. The Balaban J connectivity index is 0.930. The van der Waals surface area contributed by atoms with Crippen molar-refractivity contribution in [3.8, 4) is 23.0 Å². The number of amides is 4. The molecule has 1 N–H and O–H groups in total. The van der Waals surface area contributed by atoms with Gasteiger partial charge in [-0.1, -0.05) is 36.4 Å². The molecule has 0 unspecified atom stereocenters. The van der Waals surface area contributed by atoms with E-state index in [4.69, 9.17) is 38.0 Å². The molecular weight excluding hydrogens is 989 g/mol. The van der Waals surface area contributed by atoms with E-state index in [1.807, 2.05) is 83.6 Å². The van der Waals surface area contributed by atoms with Crippen molar-refractivity contribution in [1.82, 2.24) is 5.06 Å². The fourth-order valence-corrected chi connectivity index (χ4v) is 10.8. The SMILES string of the molecule is COCCOCCOCCN(CCCC(=O)ON1C(=O)CCC1=O)c1cc(COc2cc3c(cc2OC)C(=O)N2c4ccccc4C[C@H]2CN3)cc(COc2cc3c(cc2OC)C(=O)N2c4ccccc4C[C@H]2CN3C)c1. The van der Waals surface area contributed by atoms with E-state index in [1.165, 1.54) is 0 Å². The average molecular weight is 1050 g/mol. The lowest BCUT2D eigenvalue weighted by Crippen LogP contribution is -2.41. The van der Waals surface area contributed by atoms with Gasteiger partial charge in [-0.15, -0.1) is 5.06 Å². The molecule has 0 radical (unpaired) electrons. The number of rotatable bonds is 23. The van der Waals surface area contributed by atoms with E-state index >= 15 is 0 Å². The fraction of sp³-hybridized carbons (Fsp3) is 0.397. The maximum absolute atomic E-state index is 14.4. The minimum atomic E-state index is -0.697. The number of hydroxylamine groups is 2. The number of nitrogens with one attached hydrogen (secondary N) is 1. The second-order valence-electron chi connectivity index (χ2n) is 19.6. The number of likely N-dealkylation sites (N-methyl/N-ethyl adjacent to an activating group) is 1. The van der Waals surface area contributed by atoms with Crippen LogP contribution in [0.4, 0.5) is 28.4 Å². The van der Waals surface area contributed by atoms with Gasteiger partial charge in [0.2, 0.25) is 0 Å². The Labute approximate surface area is 447 Å². The Bertz CT molecular complexity index is 3020. The number of para-hydroxylation sites is 2. The van der Waals surface area contributed by atoms with Crippen LogP contribution < -0.4 is 43.9 Å². The summed E-state index contributed by atoms with van der Waals surface area (Å²) < 4.78 is 41.8. The summed E-state index contributed by atoms with van der Waals surface area (Å²) in [6.45, 7) is 4.04. The first kappa shape index (κ1) is 52.6. The molecule has 10 rings (SSSR count). The molecule has 19 heteroatoms. The van der Waals surface area contributed by atoms with Crippen molar-refractivity contribution in [1.29, 1.82) is 0 Å². The molecule has 1 fully saturated rings. The summed E-state index contributed by atoms with van der Waals surface area (Å²) in [7, 11) is 6.69. The molecular formula is C58H64N6O13. The third-order valence-corrected chi connectivity index (χ3v) is 14.6. The molecule has 0 saturated carbocycles. The normalized spacial score (nSPS) is 17.1. The third kappa shape index (κ3) is 11.3. The van der Waals surface area contributed by atoms with Crippen LogP contribution in [0.25, 0.3) is 0 Å². The summed E-state index contributed by atoms with van der Waals surface area (Å²) in [5.41, 5.74) is 8.76. The smallest absolute Gasteiger partial charge is 0.333 e. The minimum Gasteiger partial charge on any atom is -0.493 e. The number of ether oxygens (including phenoxy) is 7. The zero-order chi connectivity index (χ0) is 53.6. The Morgan fingerprint density at radius 1 is 0.636 bits per heavy atom. The van der Waals surface area contributed by atoms with Crippen LogP contribution in [0, 0.1) is 0 Å². The molecule has 5 aromatic rings. The summed E-state index contributed by atoms with van der Waals surface area (Å²) in [6.07, 6.45) is 1.74. The summed E-state index contributed by atoms with van der Waals surface area (Å²) in [4.78, 5) is 79.2. The minimum absolute atomic E-state index is 0.00156. The van der Waals surface area contributed by atoms with Gasteiger partial charge in [0, 0.05) is 88.8 Å². The quantitative estimate of drug-likeness (QED) is 0.0534. The molecule has 5 aliphatic heterocycles. The molecule has 77 heavy (non-hydrogen) atoms. The Morgan fingerprint density at radius 2 is 1.22 bits per heavy atom. The molecule has 5 aliphatic rings. The van der Waals surface area contributed by atoms with Crippen molar-refractivity contribution in [3.05, 3.63) is 124 Å². The first-order chi connectivity index (χ1) is 37.5. The Hall–Kier alpha value is -7.87. The molecule has 404 valence electrons. The molecule has 1 saturated heterocycles. The van der Waals surface area contributed by atoms with Gasteiger partial charge in [-0.3, -0.25) is 19.2 Å². The number of anilines is 5. The number of carbonyl (C=O) groups is 5. The number of imide groups is 1. The lowest BCUT2D eigenvalue weighted by atomic mass is 10.1. The molecule has 19 nitrogen and oxygen atoms in total. The van der Waals surface area contributed by atoms with Crippen LogP contribution in [0.1, 0.15) is 68.7 Å². The predicted molar refractivity (Wildman–Crippen MR) is 286 cm³/mol. The molecule has 5 heterocycles. The van der Waals surface area contributed by atoms with Crippen molar-refractivity contribution >= 4 is 58.0 Å². The highest BCUT2D eigenvalue weighted by Crippen LogP contribution is 2.44. The van der Waals surface area contributed by atoms with Gasteiger partial charge in [0.15, 0.2) is 23.0 Å². The van der Waals surface area contributed by atoms with Crippen molar-refractivity contribution < 1.29 is 62.0 Å². The second-order valence-corrected chi connectivity index (χ2v) is 19.6. The van der Waals surface area contributed by atoms with Gasteiger partial charge in [-0.2, -0.15) is 0 Å². The largest absolute Gasteiger partial charge is 0.493 e. The van der Waals surface area contributed by atoms with Crippen LogP contribution in [-0.4, -0.2) is 134 Å². The maximum Gasteiger partial charge on any atom is 0.333 e. The molecule has 2 atom stereocenters. The van der Waals surface area contributed by atoms with Gasteiger partial charge in [-0.05, 0) is 84.0 Å². The number of hydrogen-bond acceptors (Lipinski definition) is 16. The number of fused-ring (bicyclic) bond motifs is 8. The van der Waals surface area contributed by atoms with E-state index in [9.17, 15) is 24.0 Å². The Morgan fingerprint density at radius 3 is 1.88 bits per heavy atom. The third-order valence-electron chi connectivity index (χ3n) is 14.6. The number of hydrogen-bond donors (Lipinski definition) is 1. The van der Waals surface area contributed by atoms with Gasteiger partial charge in [0.25, 0.3) is 23.6 Å². The molecule has 4 amide bonds. The zero-order valence-corrected chi connectivity index (χ0v) is 43.9. The van der Waals surface area contributed by atoms with Crippen LogP contribution >= 0.6 is 0 Å². The summed E-state index contributed by atoms with van der Waals surface area (Å²) in [5.74, 6) is -0.335. The number of benzene rings is 5. The highest BCUT2D eigenvalue weighted by atomic mass is 16.7. The van der Waals surface area contributed by atoms with Gasteiger partial charge in [-0.25, -0.2) is 4.79 Å². The van der Waals surface area contributed by atoms with E-state index < -0.39 is 17.8 Å². The molecule has 0 aliphatic carbocycles. The van der Waals surface area contributed by atoms with Crippen LogP contribution in [-0.2, 0) is 59.5 Å². The van der Waals surface area contributed by atoms with Gasteiger partial charge in [0.05, 0.1) is 81.8 Å². The molecule has 0 bridgehead atoms. The van der Waals surface area contributed by atoms with E-state index in [-0.39, 0.29) is 56.4 Å². The van der Waals surface area contributed by atoms with Gasteiger partial charge in [0.1, 0.15) is 13.2 Å². The van der Waals surface area contributed by atoms with E-state index in [0.717, 1.165) is 57.8 Å². The number of methoxy groups -OCH3 is 3. The predicted octanol–water partition coefficient (Wildman–Crippen LogP) is 6.75. The average Bonchev–Trinajstić information content (AvgIpc) is 4.18. The topological polar surface area (TPSA) is 187 Å². The van der Waals surface area contributed by atoms with Crippen LogP contribution in [0.5, 0.6) is 23.0 Å². The number of carbonyl (C=O) groups excluding carboxylic acids is 5. The summed E-state index contributed by atoms with van der Waals surface area (Å²) in [5, 5.41) is 4.07. The first-order valence-corrected chi connectivity index (χ1v) is 26.1. The van der Waals surface area contributed by atoms with E-state index in [2.05, 4.69) is 27.2 Å². The van der Waals surface area contributed by atoms with Crippen molar-refractivity contribution in [2.24, 2.45) is 0 Å². The van der Waals surface area contributed by atoms with Crippen molar-refractivity contribution in [2.45, 2.75) is 63.8 Å². The van der Waals surface area contributed by atoms with Gasteiger partial charge >= 0.3 is 5.97 Å². The monoisotopic (exact) mass is 1050 g/mol.